The molecule has 0 spiro atoms. The van der Waals surface area contributed by atoms with E-state index in [4.69, 9.17) is 4.74 Å². The molecule has 0 radical (unpaired) electrons. The predicted molar refractivity (Wildman–Crippen MR) is 119 cm³/mol. The number of halogens is 1. The van der Waals surface area contributed by atoms with Crippen molar-refractivity contribution in [3.8, 4) is 5.75 Å². The van der Waals surface area contributed by atoms with E-state index in [1.165, 1.54) is 29.1 Å². The number of nitro groups is 1. The van der Waals surface area contributed by atoms with Crippen molar-refractivity contribution in [3.05, 3.63) is 85.4 Å². The molecular weight excluding hydrogens is 452 g/mol. The summed E-state index contributed by atoms with van der Waals surface area (Å²) in [4.78, 5) is 28.4. The minimum atomic E-state index is -0.528. The molecule has 3 rings (SSSR count). The van der Waals surface area contributed by atoms with Crippen LogP contribution in [0.5, 0.6) is 5.75 Å². The van der Waals surface area contributed by atoms with Crippen molar-refractivity contribution in [1.29, 1.82) is 0 Å². The van der Waals surface area contributed by atoms with Crippen LogP contribution in [-0.4, -0.2) is 27.4 Å². The largest absolute Gasteiger partial charge is 0.483 e. The normalized spacial score (nSPS) is 11.1. The summed E-state index contributed by atoms with van der Waals surface area (Å²) in [5.41, 5.74) is 0.553. The van der Waals surface area contributed by atoms with Crippen molar-refractivity contribution in [2.24, 2.45) is 5.10 Å². The molecule has 0 bridgehead atoms. The Bertz CT molecular complexity index is 1200. The SMILES string of the molecule is C=CCOc1ccc(C=Nn2c(CCC)nc3ccc(Br)cc3c2=O)cc1[N+](=O)[O-]. The molecular formula is C21H19BrN4O4. The van der Waals surface area contributed by atoms with Crippen LogP contribution < -0.4 is 10.3 Å². The predicted octanol–water partition coefficient (Wildman–Crippen LogP) is 4.47. The summed E-state index contributed by atoms with van der Waals surface area (Å²) >= 11 is 3.37. The zero-order chi connectivity index (χ0) is 21.7. The Morgan fingerprint density at radius 1 is 1.33 bits per heavy atom. The third kappa shape index (κ3) is 4.62. The van der Waals surface area contributed by atoms with E-state index in [0.717, 1.165) is 10.9 Å². The van der Waals surface area contributed by atoms with Crippen LogP contribution in [0.15, 0.2) is 63.4 Å². The van der Waals surface area contributed by atoms with Crippen LogP contribution in [0.4, 0.5) is 5.69 Å². The van der Waals surface area contributed by atoms with E-state index in [-0.39, 0.29) is 23.6 Å². The molecule has 0 unspecified atom stereocenters. The Morgan fingerprint density at radius 2 is 2.13 bits per heavy atom. The van der Waals surface area contributed by atoms with Gasteiger partial charge >= 0.3 is 5.69 Å². The van der Waals surface area contributed by atoms with E-state index in [9.17, 15) is 14.9 Å². The molecule has 3 aromatic rings. The Kier molecular flexibility index (Phi) is 6.73. The topological polar surface area (TPSA) is 99.6 Å². The summed E-state index contributed by atoms with van der Waals surface area (Å²) in [5, 5.41) is 16.1. The van der Waals surface area contributed by atoms with E-state index < -0.39 is 4.92 Å². The molecule has 0 aliphatic heterocycles. The van der Waals surface area contributed by atoms with Gasteiger partial charge in [0.1, 0.15) is 12.4 Å². The van der Waals surface area contributed by atoms with Gasteiger partial charge in [-0.05, 0) is 36.8 Å². The lowest BCUT2D eigenvalue weighted by molar-refractivity contribution is -0.385. The van der Waals surface area contributed by atoms with Crippen molar-refractivity contribution < 1.29 is 9.66 Å². The van der Waals surface area contributed by atoms with Gasteiger partial charge in [0.15, 0.2) is 5.75 Å². The molecule has 0 atom stereocenters. The minimum Gasteiger partial charge on any atom is -0.483 e. The third-order valence-corrected chi connectivity index (χ3v) is 4.70. The highest BCUT2D eigenvalue weighted by atomic mass is 79.9. The van der Waals surface area contributed by atoms with Gasteiger partial charge in [-0.25, -0.2) is 4.98 Å². The maximum absolute atomic E-state index is 13.0. The number of fused-ring (bicyclic) bond motifs is 1. The highest BCUT2D eigenvalue weighted by molar-refractivity contribution is 9.10. The van der Waals surface area contributed by atoms with E-state index >= 15 is 0 Å². The maximum Gasteiger partial charge on any atom is 0.311 e. The van der Waals surface area contributed by atoms with Crippen LogP contribution >= 0.6 is 15.9 Å². The van der Waals surface area contributed by atoms with Crippen LogP contribution in [0, 0.1) is 10.1 Å². The molecule has 8 nitrogen and oxygen atoms in total. The van der Waals surface area contributed by atoms with Crippen LogP contribution in [-0.2, 0) is 6.42 Å². The van der Waals surface area contributed by atoms with Gasteiger partial charge in [0.2, 0.25) is 0 Å². The van der Waals surface area contributed by atoms with E-state index in [1.807, 2.05) is 13.0 Å². The zero-order valence-electron chi connectivity index (χ0n) is 16.2. The second-order valence-electron chi connectivity index (χ2n) is 6.38. The number of rotatable bonds is 8. The van der Waals surface area contributed by atoms with Gasteiger partial charge < -0.3 is 4.74 Å². The fourth-order valence-corrected chi connectivity index (χ4v) is 3.21. The molecule has 0 saturated carbocycles. The minimum absolute atomic E-state index is 0.137. The average molecular weight is 471 g/mol. The van der Waals surface area contributed by atoms with Crippen LogP contribution in [0.1, 0.15) is 24.7 Å². The second kappa shape index (κ2) is 9.45. The molecule has 0 amide bonds. The van der Waals surface area contributed by atoms with Crippen molar-refractivity contribution in [3.63, 3.8) is 0 Å². The number of nitro benzene ring substituents is 1. The standard InChI is InChI=1S/C21H19BrN4O4/c1-3-5-20-24-17-8-7-15(22)12-16(17)21(27)25(20)23-13-14-6-9-19(30-10-4-2)18(11-14)26(28)29/h4,6-9,11-13H,2-3,5,10H2,1H3. The molecule has 9 heteroatoms. The number of hydrogen-bond donors (Lipinski definition) is 0. The summed E-state index contributed by atoms with van der Waals surface area (Å²) in [6.45, 7) is 5.67. The van der Waals surface area contributed by atoms with Crippen molar-refractivity contribution in [2.45, 2.75) is 19.8 Å². The number of ether oxygens (including phenoxy) is 1. The first kappa shape index (κ1) is 21.4. The van der Waals surface area contributed by atoms with Gasteiger partial charge in [-0.3, -0.25) is 14.9 Å². The Hall–Kier alpha value is -3.33. The third-order valence-electron chi connectivity index (χ3n) is 4.21. The molecule has 154 valence electrons. The first-order valence-electron chi connectivity index (χ1n) is 9.22. The highest BCUT2D eigenvalue weighted by Crippen LogP contribution is 2.27. The molecule has 0 N–H and O–H groups in total. The molecule has 2 aromatic carbocycles. The quantitative estimate of drug-likeness (QED) is 0.209. The summed E-state index contributed by atoms with van der Waals surface area (Å²) in [7, 11) is 0. The average Bonchev–Trinajstić information content (AvgIpc) is 2.73. The Morgan fingerprint density at radius 3 is 2.83 bits per heavy atom. The van der Waals surface area contributed by atoms with Crippen molar-refractivity contribution in [2.75, 3.05) is 6.61 Å². The van der Waals surface area contributed by atoms with Crippen molar-refractivity contribution >= 4 is 38.7 Å². The summed E-state index contributed by atoms with van der Waals surface area (Å²) in [6.07, 6.45) is 4.25. The number of nitrogens with zero attached hydrogens (tertiary/aromatic N) is 4. The number of aryl methyl sites for hydroxylation is 1. The maximum atomic E-state index is 13.0. The van der Waals surface area contributed by atoms with Crippen molar-refractivity contribution in [1.82, 2.24) is 9.66 Å². The molecule has 30 heavy (non-hydrogen) atoms. The van der Waals surface area contributed by atoms with Crippen LogP contribution in [0.25, 0.3) is 10.9 Å². The van der Waals surface area contributed by atoms with E-state index in [0.29, 0.717) is 28.7 Å². The fourth-order valence-electron chi connectivity index (χ4n) is 2.85. The second-order valence-corrected chi connectivity index (χ2v) is 7.30. The van der Waals surface area contributed by atoms with Gasteiger partial charge in [-0.15, -0.1) is 0 Å². The number of hydrogen-bond acceptors (Lipinski definition) is 6. The van der Waals surface area contributed by atoms with Crippen LogP contribution in [0.3, 0.4) is 0 Å². The first-order valence-corrected chi connectivity index (χ1v) is 10.0. The summed E-state index contributed by atoms with van der Waals surface area (Å²) in [5.74, 6) is 0.659. The van der Waals surface area contributed by atoms with Crippen LogP contribution in [0.2, 0.25) is 0 Å². The lowest BCUT2D eigenvalue weighted by Crippen LogP contribution is -2.22. The zero-order valence-corrected chi connectivity index (χ0v) is 17.8. The Balaban J connectivity index is 2.06. The monoisotopic (exact) mass is 470 g/mol. The van der Waals surface area contributed by atoms with E-state index in [1.54, 1.807) is 18.2 Å². The van der Waals surface area contributed by atoms with Gasteiger partial charge in [0.05, 0.1) is 22.0 Å². The Labute approximate surface area is 180 Å². The number of benzene rings is 2. The number of aromatic nitrogens is 2. The lowest BCUT2D eigenvalue weighted by atomic mass is 10.2. The summed E-state index contributed by atoms with van der Waals surface area (Å²) < 4.78 is 7.33. The first-order chi connectivity index (χ1) is 14.4. The highest BCUT2D eigenvalue weighted by Gasteiger charge is 2.16. The summed E-state index contributed by atoms with van der Waals surface area (Å²) in [6, 6.07) is 9.77. The molecule has 1 aromatic heterocycles. The molecule has 0 aliphatic rings. The molecule has 0 saturated heterocycles. The van der Waals surface area contributed by atoms with Gasteiger partial charge in [-0.2, -0.15) is 9.78 Å². The van der Waals surface area contributed by atoms with Gasteiger partial charge in [0, 0.05) is 22.5 Å². The lowest BCUT2D eigenvalue weighted by Gasteiger charge is -2.09. The van der Waals surface area contributed by atoms with Gasteiger partial charge in [-0.1, -0.05) is 35.5 Å². The molecule has 0 fully saturated rings. The molecule has 0 aliphatic carbocycles. The fraction of sp³-hybridized carbons (Fsp3) is 0.190. The van der Waals surface area contributed by atoms with Gasteiger partial charge in [0.25, 0.3) is 5.56 Å². The smallest absolute Gasteiger partial charge is 0.311 e. The molecule has 1 heterocycles. The van der Waals surface area contributed by atoms with E-state index in [2.05, 4.69) is 32.6 Å².